The van der Waals surface area contributed by atoms with Gasteiger partial charge in [-0.25, -0.2) is 9.07 Å². The minimum atomic E-state index is -1.09. The average Bonchev–Trinajstić information content (AvgIpc) is 2.51. The molecule has 1 atom stereocenters. The Morgan fingerprint density at radius 2 is 2.17 bits per heavy atom. The first-order valence-electron chi connectivity index (χ1n) is 6.81. The van der Waals surface area contributed by atoms with Crippen LogP contribution in [0.2, 0.25) is 5.02 Å². The molecule has 1 aromatic carbocycles. The molecule has 0 aliphatic heterocycles. The molecule has 2 N–H and O–H groups in total. The van der Waals surface area contributed by atoms with Crippen LogP contribution >= 0.6 is 11.6 Å². The molecule has 0 bridgehead atoms. The van der Waals surface area contributed by atoms with E-state index in [4.69, 9.17) is 11.6 Å². The molecule has 2 aromatic rings. The van der Waals surface area contributed by atoms with Crippen LogP contribution < -0.4 is 10.9 Å². The number of carbonyl (C=O) groups excluding carboxylic acids is 1. The monoisotopic (exact) mass is 339 g/mol. The standard InChI is InChI=1S/C15H15ClFN3O3/c1-9-2-5-15(23)20(19-9)8-14(22)18-7-13(21)10-3-4-11(16)12(17)6-10/h2-6,13,21H,7-8H2,1H3,(H,18,22). The van der Waals surface area contributed by atoms with Gasteiger partial charge in [-0.2, -0.15) is 5.10 Å². The highest BCUT2D eigenvalue weighted by Crippen LogP contribution is 2.19. The van der Waals surface area contributed by atoms with Gasteiger partial charge >= 0.3 is 0 Å². The summed E-state index contributed by atoms with van der Waals surface area (Å²) in [5.74, 6) is -1.14. The van der Waals surface area contributed by atoms with Crippen LogP contribution in [-0.2, 0) is 11.3 Å². The van der Waals surface area contributed by atoms with Gasteiger partial charge in [-0.15, -0.1) is 0 Å². The minimum absolute atomic E-state index is 0.0464. The van der Waals surface area contributed by atoms with E-state index in [1.54, 1.807) is 13.0 Å². The predicted molar refractivity (Wildman–Crippen MR) is 82.6 cm³/mol. The highest BCUT2D eigenvalue weighted by Gasteiger charge is 2.12. The van der Waals surface area contributed by atoms with Crippen LogP contribution in [-0.4, -0.2) is 27.3 Å². The van der Waals surface area contributed by atoms with Crippen molar-refractivity contribution in [2.24, 2.45) is 0 Å². The summed E-state index contributed by atoms with van der Waals surface area (Å²) in [5.41, 5.74) is 0.498. The van der Waals surface area contributed by atoms with Gasteiger partial charge in [0.15, 0.2) is 0 Å². The molecule has 0 radical (unpaired) electrons. The lowest BCUT2D eigenvalue weighted by Crippen LogP contribution is -2.35. The molecule has 0 aliphatic rings. The summed E-state index contributed by atoms with van der Waals surface area (Å²) in [5, 5.41) is 16.3. The predicted octanol–water partition coefficient (Wildman–Crippen LogP) is 1.19. The van der Waals surface area contributed by atoms with E-state index < -0.39 is 23.4 Å². The van der Waals surface area contributed by atoms with Crippen LogP contribution in [0.25, 0.3) is 0 Å². The van der Waals surface area contributed by atoms with Gasteiger partial charge < -0.3 is 10.4 Å². The molecular formula is C15H15ClFN3O3. The van der Waals surface area contributed by atoms with Gasteiger partial charge in [-0.05, 0) is 30.7 Å². The summed E-state index contributed by atoms with van der Waals surface area (Å²) in [7, 11) is 0. The molecule has 1 heterocycles. The number of aromatic nitrogens is 2. The van der Waals surface area contributed by atoms with Gasteiger partial charge in [-0.1, -0.05) is 17.7 Å². The van der Waals surface area contributed by atoms with Crippen molar-refractivity contribution in [3.05, 3.63) is 62.8 Å². The Balaban J connectivity index is 1.94. The summed E-state index contributed by atoms with van der Waals surface area (Å²) in [6.45, 7) is 1.31. The lowest BCUT2D eigenvalue weighted by atomic mass is 10.1. The van der Waals surface area contributed by atoms with E-state index >= 15 is 0 Å². The molecule has 0 saturated heterocycles. The van der Waals surface area contributed by atoms with Crippen molar-refractivity contribution in [3.63, 3.8) is 0 Å². The SMILES string of the molecule is Cc1ccc(=O)n(CC(=O)NCC(O)c2ccc(Cl)c(F)c2)n1. The molecule has 1 unspecified atom stereocenters. The second-order valence-corrected chi connectivity index (χ2v) is 5.37. The van der Waals surface area contributed by atoms with Crippen molar-refractivity contribution in [1.29, 1.82) is 0 Å². The van der Waals surface area contributed by atoms with Crippen molar-refractivity contribution in [2.75, 3.05) is 6.54 Å². The van der Waals surface area contributed by atoms with Crippen LogP contribution in [0.4, 0.5) is 4.39 Å². The molecule has 2 rings (SSSR count). The van der Waals surface area contributed by atoms with Crippen LogP contribution in [0.15, 0.2) is 35.1 Å². The zero-order valence-corrected chi connectivity index (χ0v) is 13.0. The third-order valence-corrected chi connectivity index (χ3v) is 3.42. The first kappa shape index (κ1) is 17.1. The van der Waals surface area contributed by atoms with Crippen LogP contribution in [0, 0.1) is 12.7 Å². The summed E-state index contributed by atoms with van der Waals surface area (Å²) < 4.78 is 14.4. The van der Waals surface area contributed by atoms with Crippen molar-refractivity contribution < 1.29 is 14.3 Å². The number of carbonyl (C=O) groups is 1. The highest BCUT2D eigenvalue weighted by molar-refractivity contribution is 6.30. The Bertz CT molecular complexity index is 779. The largest absolute Gasteiger partial charge is 0.387 e. The number of rotatable bonds is 5. The maximum Gasteiger partial charge on any atom is 0.267 e. The molecule has 1 aromatic heterocycles. The second kappa shape index (κ2) is 7.34. The molecule has 23 heavy (non-hydrogen) atoms. The van der Waals surface area contributed by atoms with Crippen molar-refractivity contribution in [1.82, 2.24) is 15.1 Å². The van der Waals surface area contributed by atoms with E-state index in [9.17, 15) is 19.1 Å². The van der Waals surface area contributed by atoms with Crippen molar-refractivity contribution in [3.8, 4) is 0 Å². The highest BCUT2D eigenvalue weighted by atomic mass is 35.5. The van der Waals surface area contributed by atoms with E-state index in [2.05, 4.69) is 10.4 Å². The number of nitrogens with zero attached hydrogens (tertiary/aromatic N) is 2. The second-order valence-electron chi connectivity index (χ2n) is 4.96. The van der Waals surface area contributed by atoms with Gasteiger partial charge in [0, 0.05) is 12.6 Å². The van der Waals surface area contributed by atoms with Gasteiger partial charge in [-0.3, -0.25) is 9.59 Å². The van der Waals surface area contributed by atoms with Crippen molar-refractivity contribution in [2.45, 2.75) is 19.6 Å². The molecule has 0 spiro atoms. The summed E-state index contributed by atoms with van der Waals surface area (Å²) in [6.07, 6.45) is -1.09. The third kappa shape index (κ3) is 4.61. The number of aliphatic hydroxyl groups is 1. The maximum absolute atomic E-state index is 13.3. The lowest BCUT2D eigenvalue weighted by molar-refractivity contribution is -0.122. The Labute approximate surface area is 136 Å². The maximum atomic E-state index is 13.3. The van der Waals surface area contributed by atoms with E-state index in [-0.39, 0.29) is 23.7 Å². The molecule has 0 fully saturated rings. The number of benzene rings is 1. The van der Waals surface area contributed by atoms with Crippen LogP contribution in [0.5, 0.6) is 0 Å². The third-order valence-electron chi connectivity index (χ3n) is 3.11. The topological polar surface area (TPSA) is 84.2 Å². The number of hydrogen-bond donors (Lipinski definition) is 2. The number of amides is 1. The molecule has 122 valence electrons. The normalized spacial score (nSPS) is 12.0. The van der Waals surface area contributed by atoms with Gasteiger partial charge in [0.25, 0.3) is 5.56 Å². The van der Waals surface area contributed by atoms with Gasteiger partial charge in [0.1, 0.15) is 12.4 Å². The quantitative estimate of drug-likeness (QED) is 0.857. The first-order valence-corrected chi connectivity index (χ1v) is 7.19. The number of nitrogens with one attached hydrogen (secondary N) is 1. The molecule has 8 heteroatoms. The zero-order valence-electron chi connectivity index (χ0n) is 12.3. The zero-order chi connectivity index (χ0) is 17.0. The fourth-order valence-corrected chi connectivity index (χ4v) is 2.02. The number of aliphatic hydroxyl groups excluding tert-OH is 1. The summed E-state index contributed by atoms with van der Waals surface area (Å²) >= 11 is 5.57. The Morgan fingerprint density at radius 1 is 1.43 bits per heavy atom. The van der Waals surface area contributed by atoms with Crippen molar-refractivity contribution >= 4 is 17.5 Å². The van der Waals surface area contributed by atoms with E-state index in [1.165, 1.54) is 18.2 Å². The number of hydrogen-bond acceptors (Lipinski definition) is 4. The number of aryl methyl sites for hydroxylation is 1. The Kier molecular flexibility index (Phi) is 5.46. The average molecular weight is 340 g/mol. The summed E-state index contributed by atoms with van der Waals surface area (Å²) in [4.78, 5) is 23.4. The molecule has 1 amide bonds. The van der Waals surface area contributed by atoms with E-state index in [1.807, 2.05) is 0 Å². The molecule has 0 saturated carbocycles. The van der Waals surface area contributed by atoms with Crippen LogP contribution in [0.3, 0.4) is 0 Å². The Hall–Kier alpha value is -2.25. The van der Waals surface area contributed by atoms with Crippen LogP contribution in [0.1, 0.15) is 17.4 Å². The summed E-state index contributed by atoms with van der Waals surface area (Å²) in [6, 6.07) is 6.77. The van der Waals surface area contributed by atoms with Gasteiger partial charge in [0.05, 0.1) is 16.8 Å². The molecule has 6 nitrogen and oxygen atoms in total. The lowest BCUT2D eigenvalue weighted by Gasteiger charge is -2.13. The van der Waals surface area contributed by atoms with E-state index in [0.29, 0.717) is 5.69 Å². The molecular weight excluding hydrogens is 325 g/mol. The Morgan fingerprint density at radius 3 is 2.87 bits per heavy atom. The fourth-order valence-electron chi connectivity index (χ4n) is 1.90. The van der Waals surface area contributed by atoms with E-state index in [0.717, 1.165) is 10.7 Å². The number of halogens is 2. The fraction of sp³-hybridized carbons (Fsp3) is 0.267. The smallest absolute Gasteiger partial charge is 0.267 e. The molecule has 0 aliphatic carbocycles. The first-order chi connectivity index (χ1) is 10.9. The van der Waals surface area contributed by atoms with Gasteiger partial charge in [0.2, 0.25) is 5.91 Å². The minimum Gasteiger partial charge on any atom is -0.387 e.